The number of nitrogens with one attached hydrogen (secondary N) is 1. The van der Waals surface area contributed by atoms with Crippen molar-refractivity contribution < 1.29 is 4.79 Å². The molecule has 3 N–H and O–H groups in total. The lowest BCUT2D eigenvalue weighted by Crippen LogP contribution is -2.44. The number of nitrogen functional groups attached to an aromatic ring is 1. The summed E-state index contributed by atoms with van der Waals surface area (Å²) < 4.78 is 1.01. The molecule has 0 fully saturated rings. The average Bonchev–Trinajstić information content (AvgIpc) is 2.42. The molecule has 0 spiro atoms. The number of rotatable bonds is 3. The Morgan fingerprint density at radius 1 is 1.53 bits per heavy atom. The predicted molar refractivity (Wildman–Crippen MR) is 74.5 cm³/mol. The van der Waals surface area contributed by atoms with Gasteiger partial charge >= 0.3 is 0 Å². The van der Waals surface area contributed by atoms with Crippen molar-refractivity contribution in [2.24, 2.45) is 0 Å². The van der Waals surface area contributed by atoms with E-state index in [1.807, 2.05) is 34.6 Å². The number of hydrogen-bond donors (Lipinski definition) is 2. The van der Waals surface area contributed by atoms with Gasteiger partial charge in [0.2, 0.25) is 5.91 Å². The fourth-order valence-electron chi connectivity index (χ4n) is 1.20. The van der Waals surface area contributed by atoms with Crippen LogP contribution in [0.25, 0.3) is 0 Å². The second-order valence-corrected chi connectivity index (χ2v) is 7.56. The van der Waals surface area contributed by atoms with Crippen molar-refractivity contribution in [3.05, 3.63) is 5.69 Å². The summed E-state index contributed by atoms with van der Waals surface area (Å²) >= 11 is 2.93. The molecule has 0 aliphatic carbocycles. The molecule has 0 bridgehead atoms. The van der Waals surface area contributed by atoms with Crippen molar-refractivity contribution in [2.45, 2.75) is 49.6 Å². The molecule has 1 amide bonds. The molecule has 1 aromatic rings. The van der Waals surface area contributed by atoms with E-state index in [4.69, 9.17) is 5.73 Å². The van der Waals surface area contributed by atoms with Gasteiger partial charge in [0.25, 0.3) is 0 Å². The molecule has 6 heteroatoms. The third-order valence-corrected chi connectivity index (χ3v) is 4.32. The Bertz CT molecular complexity index is 409. The zero-order valence-electron chi connectivity index (χ0n) is 10.8. The van der Waals surface area contributed by atoms with Crippen molar-refractivity contribution in [3.8, 4) is 0 Å². The van der Waals surface area contributed by atoms with Crippen molar-refractivity contribution in [1.29, 1.82) is 0 Å². The molecule has 0 saturated carbocycles. The lowest BCUT2D eigenvalue weighted by Gasteiger charge is -2.22. The van der Waals surface area contributed by atoms with E-state index in [1.165, 1.54) is 23.1 Å². The molecule has 0 radical (unpaired) electrons. The summed E-state index contributed by atoms with van der Waals surface area (Å²) in [6, 6.07) is 0. The second kappa shape index (κ2) is 5.27. The number of aryl methyl sites for hydroxylation is 1. The third-order valence-electron chi connectivity index (χ3n) is 1.92. The number of hydrogen-bond acceptors (Lipinski definition) is 5. The molecule has 0 saturated heterocycles. The normalized spacial score (nSPS) is 13.5. The van der Waals surface area contributed by atoms with E-state index < -0.39 is 0 Å². The molecule has 0 aliphatic heterocycles. The van der Waals surface area contributed by atoms with Gasteiger partial charge in [0, 0.05) is 5.54 Å². The number of amides is 1. The van der Waals surface area contributed by atoms with Crippen LogP contribution in [0.15, 0.2) is 4.21 Å². The molecule has 4 nitrogen and oxygen atoms in total. The van der Waals surface area contributed by atoms with Crippen LogP contribution in [0.5, 0.6) is 0 Å². The Kier molecular flexibility index (Phi) is 4.43. The van der Waals surface area contributed by atoms with Crippen LogP contribution in [0.4, 0.5) is 5.13 Å². The maximum absolute atomic E-state index is 11.9. The van der Waals surface area contributed by atoms with E-state index in [0.717, 1.165) is 9.90 Å². The van der Waals surface area contributed by atoms with E-state index in [2.05, 4.69) is 10.3 Å². The molecule has 96 valence electrons. The van der Waals surface area contributed by atoms with E-state index in [0.29, 0.717) is 5.13 Å². The average molecular weight is 273 g/mol. The number of thioether (sulfide) groups is 1. The standard InChI is InChI=1S/C11H19N3OS2/c1-6-9(17-10(12)13-6)16-7(2)8(15)14-11(3,4)5/h7H,1-5H3,(H2,12,13)(H,14,15). The maximum atomic E-state index is 11.9. The highest BCUT2D eigenvalue weighted by Crippen LogP contribution is 2.33. The van der Waals surface area contributed by atoms with E-state index >= 15 is 0 Å². The van der Waals surface area contributed by atoms with E-state index in [9.17, 15) is 4.79 Å². The van der Waals surface area contributed by atoms with Crippen LogP contribution >= 0.6 is 23.1 Å². The largest absolute Gasteiger partial charge is 0.375 e. The minimum atomic E-state index is -0.201. The first-order valence-electron chi connectivity index (χ1n) is 5.40. The smallest absolute Gasteiger partial charge is 0.233 e. The van der Waals surface area contributed by atoms with Gasteiger partial charge in [0.15, 0.2) is 5.13 Å². The minimum Gasteiger partial charge on any atom is -0.375 e. The SMILES string of the molecule is Cc1nc(N)sc1SC(C)C(=O)NC(C)(C)C. The summed E-state index contributed by atoms with van der Waals surface area (Å²) in [6.07, 6.45) is 0. The van der Waals surface area contributed by atoms with Crippen LogP contribution in [0.2, 0.25) is 0 Å². The van der Waals surface area contributed by atoms with Crippen molar-refractivity contribution in [3.63, 3.8) is 0 Å². The lowest BCUT2D eigenvalue weighted by atomic mass is 10.1. The second-order valence-electron chi connectivity index (χ2n) is 4.92. The Labute approximate surface area is 110 Å². The van der Waals surface area contributed by atoms with Crippen LogP contribution in [0.3, 0.4) is 0 Å². The maximum Gasteiger partial charge on any atom is 0.233 e. The molecule has 1 aromatic heterocycles. The van der Waals surface area contributed by atoms with Gasteiger partial charge in [-0.2, -0.15) is 0 Å². The van der Waals surface area contributed by atoms with Crippen LogP contribution in [-0.2, 0) is 4.79 Å². The molecule has 1 rings (SSSR count). The summed E-state index contributed by atoms with van der Waals surface area (Å²) in [6.45, 7) is 9.71. The quantitative estimate of drug-likeness (QED) is 0.830. The Balaban J connectivity index is 2.63. The monoisotopic (exact) mass is 273 g/mol. The summed E-state index contributed by atoms with van der Waals surface area (Å²) in [5.41, 5.74) is 6.32. The Hall–Kier alpha value is -0.750. The highest BCUT2D eigenvalue weighted by atomic mass is 32.2. The Morgan fingerprint density at radius 2 is 2.12 bits per heavy atom. The van der Waals surface area contributed by atoms with Gasteiger partial charge in [0.05, 0.1) is 15.2 Å². The van der Waals surface area contributed by atoms with Gasteiger partial charge in [-0.3, -0.25) is 4.79 Å². The van der Waals surface area contributed by atoms with Gasteiger partial charge < -0.3 is 11.1 Å². The fourth-order valence-corrected chi connectivity index (χ4v) is 3.35. The first-order valence-corrected chi connectivity index (χ1v) is 7.10. The van der Waals surface area contributed by atoms with Crippen LogP contribution < -0.4 is 11.1 Å². The number of nitrogens with zero attached hydrogens (tertiary/aromatic N) is 1. The first-order chi connectivity index (χ1) is 7.69. The molecular formula is C11H19N3OS2. The molecule has 1 heterocycles. The number of carbonyl (C=O) groups is 1. The van der Waals surface area contributed by atoms with Crippen molar-refractivity contribution in [2.75, 3.05) is 5.73 Å². The van der Waals surface area contributed by atoms with Gasteiger partial charge in [0.1, 0.15) is 0 Å². The number of carbonyl (C=O) groups excluding carboxylic acids is 1. The van der Waals surface area contributed by atoms with Gasteiger partial charge in [-0.15, -0.1) is 11.8 Å². The van der Waals surface area contributed by atoms with Crippen LogP contribution in [0, 0.1) is 6.92 Å². The predicted octanol–water partition coefficient (Wildman–Crippen LogP) is 2.43. The number of anilines is 1. The van der Waals surface area contributed by atoms with E-state index in [-0.39, 0.29) is 16.7 Å². The molecule has 0 aliphatic rings. The number of aromatic nitrogens is 1. The summed E-state index contributed by atoms with van der Waals surface area (Å²) in [5, 5.41) is 3.36. The highest BCUT2D eigenvalue weighted by molar-refractivity contribution is 8.02. The molecule has 0 aromatic carbocycles. The number of thiazole rings is 1. The van der Waals surface area contributed by atoms with Crippen molar-refractivity contribution in [1.82, 2.24) is 10.3 Å². The zero-order valence-corrected chi connectivity index (χ0v) is 12.5. The minimum absolute atomic E-state index is 0.0360. The summed E-state index contributed by atoms with van der Waals surface area (Å²) in [5.74, 6) is 0.0360. The summed E-state index contributed by atoms with van der Waals surface area (Å²) in [4.78, 5) is 16.0. The fraction of sp³-hybridized carbons (Fsp3) is 0.636. The van der Waals surface area contributed by atoms with E-state index in [1.54, 1.807) is 0 Å². The van der Waals surface area contributed by atoms with Crippen molar-refractivity contribution >= 4 is 34.1 Å². The first kappa shape index (κ1) is 14.3. The molecule has 17 heavy (non-hydrogen) atoms. The lowest BCUT2D eigenvalue weighted by molar-refractivity contribution is -0.121. The third kappa shape index (κ3) is 4.55. The van der Waals surface area contributed by atoms with Gasteiger partial charge in [-0.05, 0) is 34.6 Å². The Morgan fingerprint density at radius 3 is 2.53 bits per heavy atom. The number of nitrogens with two attached hydrogens (primary N) is 1. The van der Waals surface area contributed by atoms with Gasteiger partial charge in [-0.1, -0.05) is 11.3 Å². The molecule has 1 unspecified atom stereocenters. The molecule has 1 atom stereocenters. The van der Waals surface area contributed by atoms with Crippen LogP contribution in [-0.4, -0.2) is 21.7 Å². The van der Waals surface area contributed by atoms with Crippen LogP contribution in [0.1, 0.15) is 33.4 Å². The zero-order chi connectivity index (χ0) is 13.2. The van der Waals surface area contributed by atoms with Gasteiger partial charge in [-0.25, -0.2) is 4.98 Å². The topological polar surface area (TPSA) is 68.0 Å². The summed E-state index contributed by atoms with van der Waals surface area (Å²) in [7, 11) is 0. The molecular weight excluding hydrogens is 254 g/mol. The highest BCUT2D eigenvalue weighted by Gasteiger charge is 2.21.